The van der Waals surface area contributed by atoms with Gasteiger partial charge in [0.2, 0.25) is 5.91 Å². The van der Waals surface area contributed by atoms with E-state index in [-0.39, 0.29) is 11.8 Å². The van der Waals surface area contributed by atoms with Crippen LogP contribution in [0.3, 0.4) is 0 Å². The Morgan fingerprint density at radius 3 is 2.26 bits per heavy atom. The molecule has 2 aliphatic heterocycles. The molecule has 3 aliphatic rings. The summed E-state index contributed by atoms with van der Waals surface area (Å²) in [7, 11) is 0. The summed E-state index contributed by atoms with van der Waals surface area (Å²) < 4.78 is 0. The van der Waals surface area contributed by atoms with Gasteiger partial charge in [0, 0.05) is 44.8 Å². The van der Waals surface area contributed by atoms with E-state index in [1.165, 1.54) is 32.1 Å². The number of rotatable bonds is 3. The number of piperazine rings is 1. The Labute approximate surface area is 162 Å². The van der Waals surface area contributed by atoms with Crippen LogP contribution in [0.2, 0.25) is 0 Å². The summed E-state index contributed by atoms with van der Waals surface area (Å²) in [5.74, 6) is 1.97. The molecule has 5 nitrogen and oxygen atoms in total. The van der Waals surface area contributed by atoms with E-state index in [0.717, 1.165) is 43.6 Å². The average Bonchev–Trinajstić information content (AvgIpc) is 2.74. The first kappa shape index (κ1) is 18.5. The Morgan fingerprint density at radius 1 is 0.815 bits per heavy atom. The predicted molar refractivity (Wildman–Crippen MR) is 105 cm³/mol. The topological polar surface area (TPSA) is 43.9 Å². The number of amides is 2. The SMILES string of the molecule is O=C(CN1CCN(C(=O)c2ccccc2)CC1)N1CC[C@@H]2CCCC[C@H]2C1. The van der Waals surface area contributed by atoms with Crippen molar-refractivity contribution in [1.29, 1.82) is 0 Å². The molecule has 146 valence electrons. The van der Waals surface area contributed by atoms with Gasteiger partial charge >= 0.3 is 0 Å². The van der Waals surface area contributed by atoms with Crippen molar-refractivity contribution >= 4 is 11.8 Å². The number of nitrogens with zero attached hydrogens (tertiary/aromatic N) is 3. The molecule has 1 aromatic carbocycles. The smallest absolute Gasteiger partial charge is 0.253 e. The first-order valence-corrected chi connectivity index (χ1v) is 10.5. The van der Waals surface area contributed by atoms with Gasteiger partial charge in [-0.05, 0) is 36.8 Å². The molecular weight excluding hydrogens is 338 g/mol. The molecule has 2 heterocycles. The molecule has 2 amide bonds. The molecule has 0 radical (unpaired) electrons. The fourth-order valence-corrected chi connectivity index (χ4v) is 4.99. The molecule has 0 aromatic heterocycles. The maximum absolute atomic E-state index is 12.8. The minimum Gasteiger partial charge on any atom is -0.341 e. The highest BCUT2D eigenvalue weighted by Crippen LogP contribution is 2.36. The molecule has 0 N–H and O–H groups in total. The van der Waals surface area contributed by atoms with Gasteiger partial charge in [0.05, 0.1) is 6.54 Å². The molecule has 0 spiro atoms. The van der Waals surface area contributed by atoms with E-state index in [1.54, 1.807) is 0 Å². The summed E-state index contributed by atoms with van der Waals surface area (Å²) in [6.45, 7) is 5.37. The third kappa shape index (κ3) is 4.34. The van der Waals surface area contributed by atoms with E-state index in [2.05, 4.69) is 9.80 Å². The first-order valence-electron chi connectivity index (χ1n) is 10.5. The summed E-state index contributed by atoms with van der Waals surface area (Å²) in [5.41, 5.74) is 0.748. The summed E-state index contributed by atoms with van der Waals surface area (Å²) in [6, 6.07) is 9.46. The van der Waals surface area contributed by atoms with Crippen LogP contribution < -0.4 is 0 Å². The van der Waals surface area contributed by atoms with Crippen molar-refractivity contribution in [3.05, 3.63) is 35.9 Å². The van der Waals surface area contributed by atoms with Crippen molar-refractivity contribution in [3.8, 4) is 0 Å². The fraction of sp³-hybridized carbons (Fsp3) is 0.636. The van der Waals surface area contributed by atoms with Crippen LogP contribution in [0.15, 0.2) is 30.3 Å². The van der Waals surface area contributed by atoms with Crippen molar-refractivity contribution in [3.63, 3.8) is 0 Å². The highest BCUT2D eigenvalue weighted by Gasteiger charge is 2.33. The standard InChI is InChI=1S/C22H31N3O2/c26-21(25-11-10-18-6-4-5-9-20(18)16-25)17-23-12-14-24(15-13-23)22(27)19-7-2-1-3-8-19/h1-3,7-8,18,20H,4-6,9-17H2/t18-,20-/m0/s1. The Kier molecular flexibility index (Phi) is 5.77. The van der Waals surface area contributed by atoms with Gasteiger partial charge in [0.25, 0.3) is 5.91 Å². The number of carbonyl (C=O) groups is 2. The van der Waals surface area contributed by atoms with E-state index < -0.39 is 0 Å². The van der Waals surface area contributed by atoms with E-state index in [9.17, 15) is 9.59 Å². The number of fused-ring (bicyclic) bond motifs is 1. The number of carbonyl (C=O) groups excluding carboxylic acids is 2. The van der Waals surface area contributed by atoms with Crippen LogP contribution in [0.5, 0.6) is 0 Å². The zero-order valence-corrected chi connectivity index (χ0v) is 16.2. The zero-order valence-electron chi connectivity index (χ0n) is 16.2. The normalized spacial score (nSPS) is 26.5. The number of hydrogen-bond acceptors (Lipinski definition) is 3. The Bertz CT molecular complexity index is 655. The lowest BCUT2D eigenvalue weighted by Crippen LogP contribution is -2.53. The second kappa shape index (κ2) is 8.42. The molecule has 2 atom stereocenters. The van der Waals surface area contributed by atoms with E-state index in [4.69, 9.17) is 0 Å². The van der Waals surface area contributed by atoms with Gasteiger partial charge < -0.3 is 9.80 Å². The van der Waals surface area contributed by atoms with Crippen molar-refractivity contribution < 1.29 is 9.59 Å². The van der Waals surface area contributed by atoms with Crippen LogP contribution in [0.1, 0.15) is 42.5 Å². The zero-order chi connectivity index (χ0) is 18.6. The molecule has 1 saturated carbocycles. The van der Waals surface area contributed by atoms with Crippen LogP contribution in [-0.4, -0.2) is 72.3 Å². The second-order valence-electron chi connectivity index (χ2n) is 8.37. The Balaban J connectivity index is 1.24. The molecular formula is C22H31N3O2. The van der Waals surface area contributed by atoms with Crippen molar-refractivity contribution in [2.45, 2.75) is 32.1 Å². The van der Waals surface area contributed by atoms with Gasteiger partial charge in [-0.2, -0.15) is 0 Å². The Morgan fingerprint density at radius 2 is 1.52 bits per heavy atom. The van der Waals surface area contributed by atoms with Crippen LogP contribution in [-0.2, 0) is 4.79 Å². The summed E-state index contributed by atoms with van der Waals surface area (Å²) >= 11 is 0. The molecule has 5 heteroatoms. The van der Waals surface area contributed by atoms with E-state index in [0.29, 0.717) is 19.6 Å². The third-order valence-corrected chi connectivity index (χ3v) is 6.68. The predicted octanol–water partition coefficient (Wildman–Crippen LogP) is 2.48. The van der Waals surface area contributed by atoms with Crippen molar-refractivity contribution in [1.82, 2.24) is 14.7 Å². The third-order valence-electron chi connectivity index (χ3n) is 6.68. The lowest BCUT2D eigenvalue weighted by molar-refractivity contribution is -0.135. The molecule has 1 aromatic rings. The van der Waals surface area contributed by atoms with Gasteiger partial charge in [0.1, 0.15) is 0 Å². The summed E-state index contributed by atoms with van der Waals surface area (Å²) in [6.07, 6.45) is 6.57. The highest BCUT2D eigenvalue weighted by molar-refractivity contribution is 5.94. The van der Waals surface area contributed by atoms with Crippen LogP contribution in [0, 0.1) is 11.8 Å². The average molecular weight is 370 g/mol. The largest absolute Gasteiger partial charge is 0.341 e. The van der Waals surface area contributed by atoms with Crippen LogP contribution in [0.25, 0.3) is 0 Å². The number of hydrogen-bond donors (Lipinski definition) is 0. The van der Waals surface area contributed by atoms with Gasteiger partial charge in [-0.3, -0.25) is 14.5 Å². The minimum absolute atomic E-state index is 0.0981. The molecule has 1 aliphatic carbocycles. The van der Waals surface area contributed by atoms with E-state index >= 15 is 0 Å². The van der Waals surface area contributed by atoms with Crippen molar-refractivity contribution in [2.75, 3.05) is 45.8 Å². The lowest BCUT2D eigenvalue weighted by Gasteiger charge is -2.42. The quantitative estimate of drug-likeness (QED) is 0.822. The minimum atomic E-state index is 0.0981. The Hall–Kier alpha value is -1.88. The van der Waals surface area contributed by atoms with Gasteiger partial charge in [-0.1, -0.05) is 37.5 Å². The van der Waals surface area contributed by atoms with Crippen LogP contribution >= 0.6 is 0 Å². The highest BCUT2D eigenvalue weighted by atomic mass is 16.2. The first-order chi connectivity index (χ1) is 13.2. The molecule has 3 fully saturated rings. The molecule has 0 unspecified atom stereocenters. The maximum atomic E-state index is 12.8. The molecule has 0 bridgehead atoms. The summed E-state index contributed by atoms with van der Waals surface area (Å²) in [5, 5.41) is 0. The lowest BCUT2D eigenvalue weighted by atomic mass is 9.75. The maximum Gasteiger partial charge on any atom is 0.253 e. The van der Waals surface area contributed by atoms with Gasteiger partial charge in [0.15, 0.2) is 0 Å². The number of likely N-dealkylation sites (tertiary alicyclic amines) is 1. The molecule has 27 heavy (non-hydrogen) atoms. The monoisotopic (exact) mass is 369 g/mol. The van der Waals surface area contributed by atoms with E-state index in [1.807, 2.05) is 35.2 Å². The second-order valence-corrected chi connectivity index (χ2v) is 8.37. The van der Waals surface area contributed by atoms with Crippen LogP contribution in [0.4, 0.5) is 0 Å². The summed E-state index contributed by atoms with van der Waals surface area (Å²) in [4.78, 5) is 31.5. The van der Waals surface area contributed by atoms with Gasteiger partial charge in [-0.25, -0.2) is 0 Å². The van der Waals surface area contributed by atoms with Gasteiger partial charge in [-0.15, -0.1) is 0 Å². The number of benzene rings is 1. The number of piperidine rings is 1. The van der Waals surface area contributed by atoms with Crippen molar-refractivity contribution in [2.24, 2.45) is 11.8 Å². The molecule has 4 rings (SSSR count). The molecule has 2 saturated heterocycles. The fourth-order valence-electron chi connectivity index (χ4n) is 4.99.